The Hall–Kier alpha value is -4.20. The quantitative estimate of drug-likeness (QED) is 0.603. The molecule has 2 atom stereocenters. The van der Waals surface area contributed by atoms with Gasteiger partial charge in [-0.1, -0.05) is 54.6 Å². The van der Waals surface area contributed by atoms with Crippen LogP contribution in [0.2, 0.25) is 0 Å². The van der Waals surface area contributed by atoms with Crippen LogP contribution in [0.4, 0.5) is 14.9 Å². The van der Waals surface area contributed by atoms with E-state index in [4.69, 9.17) is 4.74 Å². The summed E-state index contributed by atoms with van der Waals surface area (Å²) in [6.45, 7) is 1.33. The lowest BCUT2D eigenvalue weighted by Gasteiger charge is -2.37. The first-order valence-electron chi connectivity index (χ1n) is 10.9. The van der Waals surface area contributed by atoms with E-state index >= 15 is 0 Å². The lowest BCUT2D eigenvalue weighted by molar-refractivity contribution is -0.134. The van der Waals surface area contributed by atoms with Gasteiger partial charge in [0.15, 0.2) is 0 Å². The predicted molar refractivity (Wildman–Crippen MR) is 123 cm³/mol. The van der Waals surface area contributed by atoms with Crippen molar-refractivity contribution in [1.29, 1.82) is 0 Å². The number of fused-ring (bicyclic) bond motifs is 1. The molecule has 0 radical (unpaired) electrons. The highest BCUT2D eigenvalue weighted by Gasteiger charge is 2.50. The smallest absolute Gasteiger partial charge is 0.325 e. The van der Waals surface area contributed by atoms with Gasteiger partial charge in [-0.3, -0.25) is 19.4 Å². The minimum atomic E-state index is -1.40. The highest BCUT2D eigenvalue weighted by molar-refractivity contribution is 6.10. The summed E-state index contributed by atoms with van der Waals surface area (Å²) in [6.07, 6.45) is 0. The lowest BCUT2D eigenvalue weighted by Crippen LogP contribution is -2.48. The Bertz CT molecular complexity index is 1260. The van der Waals surface area contributed by atoms with E-state index in [-0.39, 0.29) is 6.61 Å². The van der Waals surface area contributed by atoms with Gasteiger partial charge in [0.25, 0.3) is 5.91 Å². The first-order valence-corrected chi connectivity index (χ1v) is 10.9. The maximum Gasteiger partial charge on any atom is 0.325 e. The second kappa shape index (κ2) is 8.30. The Balaban J connectivity index is 1.45. The van der Waals surface area contributed by atoms with E-state index in [0.717, 1.165) is 10.5 Å². The SMILES string of the molecule is CC1(c2ccc(F)cc2)NC(=O)N(CC(=O)N2c3ccccc3OCC2c2ccccc2)C1=O. The molecule has 3 aromatic rings. The number of halogens is 1. The summed E-state index contributed by atoms with van der Waals surface area (Å²) < 4.78 is 19.3. The lowest BCUT2D eigenvalue weighted by atomic mass is 9.92. The molecule has 1 N–H and O–H groups in total. The molecule has 7 nitrogen and oxygen atoms in total. The number of para-hydroxylation sites is 2. The molecule has 0 spiro atoms. The van der Waals surface area contributed by atoms with Crippen LogP contribution in [0, 0.1) is 5.82 Å². The second-order valence-electron chi connectivity index (χ2n) is 8.42. The number of nitrogens with zero attached hydrogens (tertiary/aromatic N) is 2. The van der Waals surface area contributed by atoms with Gasteiger partial charge in [-0.2, -0.15) is 0 Å². The maximum atomic E-state index is 13.6. The topological polar surface area (TPSA) is 79.0 Å². The Morgan fingerprint density at radius 1 is 1.03 bits per heavy atom. The number of urea groups is 1. The number of amides is 4. The molecule has 1 saturated heterocycles. The molecule has 2 aliphatic rings. The summed E-state index contributed by atoms with van der Waals surface area (Å²) in [6, 6.07) is 20.9. The first kappa shape index (κ1) is 21.6. The zero-order chi connectivity index (χ0) is 23.9. The van der Waals surface area contributed by atoms with E-state index in [1.54, 1.807) is 30.0 Å². The van der Waals surface area contributed by atoms with Crippen LogP contribution in [-0.4, -0.2) is 35.9 Å². The molecule has 0 aromatic heterocycles. The number of imide groups is 1. The molecule has 172 valence electrons. The molecule has 3 aromatic carbocycles. The van der Waals surface area contributed by atoms with Gasteiger partial charge < -0.3 is 10.1 Å². The highest BCUT2D eigenvalue weighted by atomic mass is 19.1. The number of hydrogen-bond donors (Lipinski definition) is 1. The molecule has 34 heavy (non-hydrogen) atoms. The number of nitrogens with one attached hydrogen (secondary N) is 1. The van der Waals surface area contributed by atoms with Gasteiger partial charge in [-0.25, -0.2) is 9.18 Å². The Kier molecular flexibility index (Phi) is 5.28. The number of anilines is 1. The molecule has 0 bridgehead atoms. The van der Waals surface area contributed by atoms with E-state index in [9.17, 15) is 18.8 Å². The summed E-state index contributed by atoms with van der Waals surface area (Å²) in [5.41, 5.74) is 0.480. The van der Waals surface area contributed by atoms with E-state index < -0.39 is 41.8 Å². The molecule has 4 amide bonds. The monoisotopic (exact) mass is 459 g/mol. The normalized spacial score (nSPS) is 21.6. The van der Waals surface area contributed by atoms with E-state index in [2.05, 4.69) is 5.32 Å². The van der Waals surface area contributed by atoms with Crippen LogP contribution in [0.5, 0.6) is 5.75 Å². The average Bonchev–Trinajstić information content (AvgIpc) is 3.07. The van der Waals surface area contributed by atoms with E-state index in [1.807, 2.05) is 36.4 Å². The summed E-state index contributed by atoms with van der Waals surface area (Å²) in [4.78, 5) is 42.2. The predicted octanol–water partition coefficient (Wildman–Crippen LogP) is 3.76. The van der Waals surface area contributed by atoms with Gasteiger partial charge in [0.2, 0.25) is 5.91 Å². The van der Waals surface area contributed by atoms with Crippen molar-refractivity contribution in [2.75, 3.05) is 18.1 Å². The minimum absolute atomic E-state index is 0.236. The fourth-order valence-corrected chi connectivity index (χ4v) is 4.45. The number of benzene rings is 3. The molecule has 2 unspecified atom stereocenters. The fourth-order valence-electron chi connectivity index (χ4n) is 4.45. The van der Waals surface area contributed by atoms with Crippen LogP contribution in [-0.2, 0) is 15.1 Å². The largest absolute Gasteiger partial charge is 0.489 e. The third-order valence-electron chi connectivity index (χ3n) is 6.28. The number of hydrogen-bond acceptors (Lipinski definition) is 4. The molecule has 2 heterocycles. The maximum absolute atomic E-state index is 13.6. The molecular formula is C26H22FN3O4. The van der Waals surface area contributed by atoms with Gasteiger partial charge >= 0.3 is 6.03 Å². The Morgan fingerprint density at radius 3 is 2.44 bits per heavy atom. The highest BCUT2D eigenvalue weighted by Crippen LogP contribution is 2.39. The van der Waals surface area contributed by atoms with Gasteiger partial charge in [0.05, 0.1) is 11.7 Å². The van der Waals surface area contributed by atoms with Crippen molar-refractivity contribution in [1.82, 2.24) is 10.2 Å². The van der Waals surface area contributed by atoms with Crippen molar-refractivity contribution in [3.8, 4) is 5.75 Å². The van der Waals surface area contributed by atoms with Crippen molar-refractivity contribution in [3.05, 3.63) is 95.8 Å². The zero-order valence-electron chi connectivity index (χ0n) is 18.4. The van der Waals surface area contributed by atoms with Crippen LogP contribution < -0.4 is 15.0 Å². The van der Waals surface area contributed by atoms with Crippen LogP contribution in [0.25, 0.3) is 0 Å². The van der Waals surface area contributed by atoms with Crippen molar-refractivity contribution in [3.63, 3.8) is 0 Å². The third-order valence-corrected chi connectivity index (χ3v) is 6.28. The van der Waals surface area contributed by atoms with Crippen LogP contribution >= 0.6 is 0 Å². The van der Waals surface area contributed by atoms with Gasteiger partial charge in [0.1, 0.15) is 30.3 Å². The van der Waals surface area contributed by atoms with Crippen molar-refractivity contribution >= 4 is 23.5 Å². The number of carbonyl (C=O) groups excluding carboxylic acids is 3. The van der Waals surface area contributed by atoms with Crippen molar-refractivity contribution in [2.45, 2.75) is 18.5 Å². The summed E-state index contributed by atoms with van der Waals surface area (Å²) in [5, 5.41) is 2.66. The van der Waals surface area contributed by atoms with Gasteiger partial charge in [-0.05, 0) is 42.3 Å². The molecule has 8 heteroatoms. The fraction of sp³-hybridized carbons (Fsp3) is 0.192. The molecule has 0 aliphatic carbocycles. The van der Waals surface area contributed by atoms with Crippen LogP contribution in [0.15, 0.2) is 78.9 Å². The van der Waals surface area contributed by atoms with Crippen LogP contribution in [0.3, 0.4) is 0 Å². The van der Waals surface area contributed by atoms with E-state index in [1.165, 1.54) is 24.3 Å². The van der Waals surface area contributed by atoms with Gasteiger partial charge in [0, 0.05) is 0 Å². The first-order chi connectivity index (χ1) is 16.4. The average molecular weight is 459 g/mol. The minimum Gasteiger partial charge on any atom is -0.489 e. The summed E-state index contributed by atoms with van der Waals surface area (Å²) in [7, 11) is 0. The molecule has 5 rings (SSSR count). The van der Waals surface area contributed by atoms with Crippen molar-refractivity contribution in [2.24, 2.45) is 0 Å². The number of ether oxygens (including phenoxy) is 1. The standard InChI is InChI=1S/C26H22FN3O4/c1-26(18-11-13-19(27)14-12-18)24(32)29(25(33)28-26)15-23(31)30-20-9-5-6-10-22(20)34-16-21(30)17-7-3-2-4-8-17/h2-14,21H,15-16H2,1H3,(H,28,33). The van der Waals surface area contributed by atoms with Gasteiger partial charge in [-0.15, -0.1) is 0 Å². The Labute approximate surface area is 195 Å². The van der Waals surface area contributed by atoms with Crippen molar-refractivity contribution < 1.29 is 23.5 Å². The second-order valence-corrected chi connectivity index (χ2v) is 8.42. The molecular weight excluding hydrogens is 437 g/mol. The molecule has 0 saturated carbocycles. The van der Waals surface area contributed by atoms with Crippen LogP contribution in [0.1, 0.15) is 24.1 Å². The molecule has 1 fully saturated rings. The number of carbonyl (C=O) groups is 3. The Morgan fingerprint density at radius 2 is 1.71 bits per heavy atom. The summed E-state index contributed by atoms with van der Waals surface area (Å²) in [5.74, 6) is -0.891. The zero-order valence-corrected chi connectivity index (χ0v) is 18.4. The third kappa shape index (κ3) is 3.57. The summed E-state index contributed by atoms with van der Waals surface area (Å²) >= 11 is 0. The number of rotatable bonds is 4. The van der Waals surface area contributed by atoms with E-state index in [0.29, 0.717) is 17.0 Å². The molecule has 2 aliphatic heterocycles.